The Hall–Kier alpha value is -1.73. The number of hydrogen-bond acceptors (Lipinski definition) is 2. The van der Waals surface area contributed by atoms with Crippen LogP contribution in [0.1, 0.15) is 16.2 Å². The molecular formula is C12H8Cl2F3N3O. The molecule has 1 N–H and O–H groups in total. The highest BCUT2D eigenvalue weighted by Gasteiger charge is 2.41. The molecule has 0 atom stereocenters. The molecule has 0 bridgehead atoms. The van der Waals surface area contributed by atoms with Gasteiger partial charge in [0.05, 0.1) is 15.7 Å². The van der Waals surface area contributed by atoms with Crippen LogP contribution in [0.4, 0.5) is 13.2 Å². The normalized spacial score (nSPS) is 11.5. The Morgan fingerprint density at radius 1 is 1.29 bits per heavy atom. The number of para-hydroxylation sites is 1. The maximum Gasteiger partial charge on any atom is 0.434 e. The Labute approximate surface area is 127 Å². The predicted octanol–water partition coefficient (Wildman–Crippen LogP) is 3.56. The maximum absolute atomic E-state index is 13.3. The molecule has 0 aliphatic carbocycles. The number of imidazole rings is 1. The molecule has 0 fully saturated rings. The second-order valence-electron chi connectivity index (χ2n) is 3.96. The monoisotopic (exact) mass is 337 g/mol. The second kappa shape index (κ2) is 5.57. The zero-order chi connectivity index (χ0) is 15.8. The van der Waals surface area contributed by atoms with Gasteiger partial charge in [0.15, 0.2) is 11.4 Å². The lowest BCUT2D eigenvalue weighted by atomic mass is 10.2. The molecule has 0 aliphatic heterocycles. The Balaban J connectivity index is 2.77. The van der Waals surface area contributed by atoms with Crippen LogP contribution in [0.15, 0.2) is 24.5 Å². The number of rotatable bonds is 2. The second-order valence-corrected chi connectivity index (χ2v) is 4.77. The molecule has 0 spiro atoms. The highest BCUT2D eigenvalue weighted by atomic mass is 35.5. The number of alkyl halides is 3. The lowest BCUT2D eigenvalue weighted by Gasteiger charge is -2.14. The number of hydrogen-bond donors (Lipinski definition) is 1. The van der Waals surface area contributed by atoms with Crippen molar-refractivity contribution in [2.75, 3.05) is 7.05 Å². The van der Waals surface area contributed by atoms with Crippen LogP contribution in [0.3, 0.4) is 0 Å². The molecule has 0 saturated heterocycles. The third-order valence-electron chi connectivity index (χ3n) is 2.66. The highest BCUT2D eigenvalue weighted by molar-refractivity contribution is 6.37. The van der Waals surface area contributed by atoms with Crippen LogP contribution in [0.5, 0.6) is 0 Å². The standard InChI is InChI=1S/C12H8Cl2F3N3O/c1-18-11(21)8-10(12(15,16)17)20(5-19-8)9-6(13)3-2-4-7(9)14/h2-5H,1H3,(H,18,21). The lowest BCUT2D eigenvalue weighted by molar-refractivity contribution is -0.142. The molecule has 2 rings (SSSR count). The molecule has 1 aromatic carbocycles. The summed E-state index contributed by atoms with van der Waals surface area (Å²) in [5.74, 6) is -0.954. The van der Waals surface area contributed by atoms with E-state index in [1.54, 1.807) is 0 Å². The minimum absolute atomic E-state index is 0.00820. The van der Waals surface area contributed by atoms with E-state index in [-0.39, 0.29) is 15.7 Å². The van der Waals surface area contributed by atoms with Crippen molar-refractivity contribution in [3.05, 3.63) is 46.0 Å². The first-order valence-corrected chi connectivity index (χ1v) is 6.34. The van der Waals surface area contributed by atoms with Gasteiger partial charge in [-0.2, -0.15) is 13.2 Å². The van der Waals surface area contributed by atoms with E-state index in [1.807, 2.05) is 0 Å². The first kappa shape index (κ1) is 15.7. The van der Waals surface area contributed by atoms with E-state index in [1.165, 1.54) is 25.2 Å². The van der Waals surface area contributed by atoms with E-state index in [9.17, 15) is 18.0 Å². The zero-order valence-corrected chi connectivity index (χ0v) is 12.0. The van der Waals surface area contributed by atoms with Crippen LogP contribution in [0.2, 0.25) is 10.0 Å². The summed E-state index contributed by atoms with van der Waals surface area (Å²) in [5.41, 5.74) is -2.08. The molecule has 21 heavy (non-hydrogen) atoms. The number of aromatic nitrogens is 2. The molecule has 0 radical (unpaired) electrons. The van der Waals surface area contributed by atoms with Gasteiger partial charge in [0.1, 0.15) is 6.33 Å². The number of nitrogens with one attached hydrogen (secondary N) is 1. The van der Waals surface area contributed by atoms with Crippen molar-refractivity contribution < 1.29 is 18.0 Å². The smallest absolute Gasteiger partial charge is 0.354 e. The van der Waals surface area contributed by atoms with Crippen molar-refractivity contribution in [1.82, 2.24) is 14.9 Å². The van der Waals surface area contributed by atoms with Crippen LogP contribution in [0, 0.1) is 0 Å². The molecule has 0 aliphatic rings. The van der Waals surface area contributed by atoms with E-state index in [4.69, 9.17) is 23.2 Å². The molecule has 1 amide bonds. The van der Waals surface area contributed by atoms with E-state index in [2.05, 4.69) is 10.3 Å². The Bertz CT molecular complexity index is 677. The minimum atomic E-state index is -4.80. The van der Waals surface area contributed by atoms with Gasteiger partial charge < -0.3 is 5.32 Å². The summed E-state index contributed by atoms with van der Waals surface area (Å²) >= 11 is 11.8. The first-order chi connectivity index (χ1) is 9.77. The predicted molar refractivity (Wildman–Crippen MR) is 72.0 cm³/mol. The number of nitrogens with zero attached hydrogens (tertiary/aromatic N) is 2. The van der Waals surface area contributed by atoms with Crippen molar-refractivity contribution in [3.8, 4) is 5.69 Å². The average molecular weight is 338 g/mol. The summed E-state index contributed by atoms with van der Waals surface area (Å²) in [7, 11) is 1.21. The summed E-state index contributed by atoms with van der Waals surface area (Å²) < 4.78 is 40.4. The van der Waals surface area contributed by atoms with E-state index >= 15 is 0 Å². The average Bonchev–Trinajstić information content (AvgIpc) is 2.82. The molecule has 0 unspecified atom stereocenters. The maximum atomic E-state index is 13.3. The fourth-order valence-corrected chi connectivity index (χ4v) is 2.37. The van der Waals surface area contributed by atoms with Gasteiger partial charge >= 0.3 is 6.18 Å². The van der Waals surface area contributed by atoms with Crippen molar-refractivity contribution >= 4 is 29.1 Å². The summed E-state index contributed by atoms with van der Waals surface area (Å²) in [6.45, 7) is 0. The topological polar surface area (TPSA) is 46.9 Å². The number of carbonyl (C=O) groups excluding carboxylic acids is 1. The van der Waals surface area contributed by atoms with Crippen molar-refractivity contribution in [2.45, 2.75) is 6.18 Å². The van der Waals surface area contributed by atoms with Gasteiger partial charge in [0.2, 0.25) is 0 Å². The first-order valence-electron chi connectivity index (χ1n) is 5.58. The van der Waals surface area contributed by atoms with Crippen LogP contribution >= 0.6 is 23.2 Å². The van der Waals surface area contributed by atoms with E-state index < -0.39 is 23.5 Å². The van der Waals surface area contributed by atoms with Crippen LogP contribution in [-0.2, 0) is 6.18 Å². The van der Waals surface area contributed by atoms with E-state index in [0.717, 1.165) is 6.33 Å². The molecular weight excluding hydrogens is 330 g/mol. The van der Waals surface area contributed by atoms with Gasteiger partial charge in [-0.1, -0.05) is 29.3 Å². The fraction of sp³-hybridized carbons (Fsp3) is 0.167. The van der Waals surface area contributed by atoms with Crippen molar-refractivity contribution in [1.29, 1.82) is 0 Å². The minimum Gasteiger partial charge on any atom is -0.354 e. The van der Waals surface area contributed by atoms with Crippen molar-refractivity contribution in [2.24, 2.45) is 0 Å². The third kappa shape index (κ3) is 2.84. The Morgan fingerprint density at radius 2 is 1.86 bits per heavy atom. The van der Waals surface area contributed by atoms with Crippen LogP contribution < -0.4 is 5.32 Å². The van der Waals surface area contributed by atoms with Gasteiger partial charge in [-0.3, -0.25) is 9.36 Å². The summed E-state index contributed by atoms with van der Waals surface area (Å²) in [4.78, 5) is 15.1. The van der Waals surface area contributed by atoms with Crippen LogP contribution in [0.25, 0.3) is 5.69 Å². The van der Waals surface area contributed by atoms with Crippen molar-refractivity contribution in [3.63, 3.8) is 0 Å². The Kier molecular flexibility index (Phi) is 4.15. The Morgan fingerprint density at radius 3 is 2.33 bits per heavy atom. The molecule has 2 aromatic rings. The van der Waals surface area contributed by atoms with Crippen LogP contribution in [-0.4, -0.2) is 22.5 Å². The molecule has 1 heterocycles. The number of amides is 1. The van der Waals surface area contributed by atoms with E-state index in [0.29, 0.717) is 4.57 Å². The lowest BCUT2D eigenvalue weighted by Crippen LogP contribution is -2.24. The summed E-state index contributed by atoms with van der Waals surface area (Å²) in [5, 5.41) is 2.12. The summed E-state index contributed by atoms with van der Waals surface area (Å²) in [6, 6.07) is 4.28. The number of halogens is 5. The largest absolute Gasteiger partial charge is 0.434 e. The molecule has 0 saturated carbocycles. The van der Waals surface area contributed by atoms with Gasteiger partial charge in [-0.15, -0.1) is 0 Å². The number of carbonyl (C=O) groups is 1. The van der Waals surface area contributed by atoms with Gasteiger partial charge in [-0.05, 0) is 12.1 Å². The molecule has 9 heteroatoms. The highest BCUT2D eigenvalue weighted by Crippen LogP contribution is 2.37. The molecule has 112 valence electrons. The zero-order valence-electron chi connectivity index (χ0n) is 10.5. The quantitative estimate of drug-likeness (QED) is 0.910. The molecule has 1 aromatic heterocycles. The molecule has 4 nitrogen and oxygen atoms in total. The number of benzene rings is 1. The van der Waals surface area contributed by atoms with Gasteiger partial charge in [0.25, 0.3) is 5.91 Å². The third-order valence-corrected chi connectivity index (χ3v) is 3.27. The van der Waals surface area contributed by atoms with Gasteiger partial charge in [-0.25, -0.2) is 4.98 Å². The van der Waals surface area contributed by atoms with Gasteiger partial charge in [0, 0.05) is 7.05 Å². The fourth-order valence-electron chi connectivity index (χ4n) is 1.79. The summed E-state index contributed by atoms with van der Waals surface area (Å²) in [6.07, 6.45) is -3.94. The SMILES string of the molecule is CNC(=O)c1ncn(-c2c(Cl)cccc2Cl)c1C(F)(F)F.